The highest BCUT2D eigenvalue weighted by molar-refractivity contribution is 7.03. The van der Waals surface area contributed by atoms with Gasteiger partial charge in [-0.2, -0.15) is 0 Å². The SMILES string of the molecule is C=CCC(C)CCc1cc2c3c(c1)B(c1c(C)cccc1C)c1c4c5c(c6oc7c8c(ccc7c6c4n4c(=O)n6c7c(c9c(c%10c%11cc%12c(cc%11oc%107)C7CCCC(CC%12C)C7)C7CC(=C9)CC(C)C7)c(c6n-3c14)B2c1c(C)cccc1C)CC1CCCC8C1)C1CC(CC)CC(C5)C1. The number of hydrogen-bond donors (Lipinski definition) is 0. The second-order valence-corrected chi connectivity index (χ2v) is 35.1. The number of fused-ring (bicyclic) bond motifs is 35. The topological polar surface area (TPSA) is 57.1 Å². The Bertz CT molecular complexity index is 5730. The fourth-order valence-corrected chi connectivity index (χ4v) is 25.4. The maximum Gasteiger partial charge on any atom is 0.340 e. The molecule has 8 aliphatic carbocycles. The van der Waals surface area contributed by atoms with Gasteiger partial charge in [-0.15, -0.1) is 6.58 Å². The van der Waals surface area contributed by atoms with Gasteiger partial charge in [0.15, 0.2) is 5.58 Å². The fourth-order valence-electron chi connectivity index (χ4n) is 25.4. The molecule has 5 aromatic heterocycles. The molecule has 2 aliphatic heterocycles. The van der Waals surface area contributed by atoms with Crippen LogP contribution in [0.2, 0.25) is 0 Å². The fraction of sp³-hybridized carbons (Fsp3) is 0.440. The van der Waals surface area contributed by atoms with Crippen molar-refractivity contribution in [3.05, 3.63) is 174 Å². The minimum absolute atomic E-state index is 0.0198. The molecule has 496 valence electrons. The van der Waals surface area contributed by atoms with Crippen LogP contribution in [0.1, 0.15) is 245 Å². The van der Waals surface area contributed by atoms with E-state index < -0.39 is 0 Å². The van der Waals surface area contributed by atoms with Crippen LogP contribution in [0.5, 0.6) is 0 Å². The summed E-state index contributed by atoms with van der Waals surface area (Å²) < 4.78 is 23.5. The molecule has 7 heterocycles. The van der Waals surface area contributed by atoms with Gasteiger partial charge in [0.2, 0.25) is 13.4 Å². The second kappa shape index (κ2) is 21.0. The highest BCUT2D eigenvalue weighted by atomic mass is 16.3. The Hall–Kier alpha value is -7.70. The molecular formula is C91H93B2N3O3. The van der Waals surface area contributed by atoms with E-state index in [0.29, 0.717) is 53.3 Å². The Morgan fingerprint density at radius 2 is 1.31 bits per heavy atom. The first kappa shape index (κ1) is 59.0. The number of allylic oxidation sites excluding steroid dienone is 2. The maximum absolute atomic E-state index is 18.6. The summed E-state index contributed by atoms with van der Waals surface area (Å²) in [5, 5.41) is 7.46. The normalized spacial score (nSPS) is 25.7. The molecule has 8 bridgehead atoms. The molecule has 11 atom stereocenters. The molecular weight excluding hydrogens is 1200 g/mol. The number of aromatic nitrogens is 3. The van der Waals surface area contributed by atoms with Crippen molar-refractivity contribution in [2.24, 2.45) is 35.5 Å². The van der Waals surface area contributed by atoms with Crippen LogP contribution in [0.25, 0.3) is 88.7 Å². The molecule has 4 saturated carbocycles. The summed E-state index contributed by atoms with van der Waals surface area (Å²) in [6.45, 7) is 23.3. The van der Waals surface area contributed by atoms with E-state index in [1.807, 2.05) is 0 Å². The molecule has 0 radical (unpaired) electrons. The predicted octanol–water partition coefficient (Wildman–Crippen LogP) is 18.9. The standard InChI is InChI=1S/C91H93B2N3O3/c1-10-16-45(3)25-26-55-41-69-83-70(42-55)93(80-49(7)19-13-20-50(80)8)82-77-67-39-56-29-46(4)30-61(37-56)73(67)75-66-43-64-51(9)31-53-21-14-23-58(34-53)65(64)44-71(66)98-88(75)85(77)96-90(82)94(83)89-81(92(69)79-47(5)17-12-18-48(79)6)76-68-40-57-32-52(11-2)33-62(38-57)74(68)87-78(84(76)95(89)91(96)97)63-28-27-60-36-54-22-15-24-59(35-54)72(60)86(63)99-87/h10,12-13,17-20,27-28,39,41-46,51-54,57-59,61-62H,1,11,14-16,21-26,29-38,40H2,2-9H3. The van der Waals surface area contributed by atoms with E-state index in [-0.39, 0.29) is 19.1 Å². The molecule has 0 N–H and O–H groups in total. The Morgan fingerprint density at radius 1 is 0.606 bits per heavy atom. The molecule has 22 rings (SSSR count). The van der Waals surface area contributed by atoms with Crippen LogP contribution < -0.4 is 38.5 Å². The molecule has 8 heteroatoms. The van der Waals surface area contributed by atoms with E-state index in [9.17, 15) is 0 Å². The van der Waals surface area contributed by atoms with Crippen LogP contribution in [0.4, 0.5) is 0 Å². The van der Waals surface area contributed by atoms with Gasteiger partial charge in [0.25, 0.3) is 0 Å². The van der Waals surface area contributed by atoms with E-state index in [2.05, 4.69) is 160 Å². The molecule has 99 heavy (non-hydrogen) atoms. The molecule has 0 saturated heterocycles. The van der Waals surface area contributed by atoms with Gasteiger partial charge in [0.1, 0.15) is 33.6 Å². The third-order valence-corrected chi connectivity index (χ3v) is 29.1. The van der Waals surface area contributed by atoms with Crippen LogP contribution in [0, 0.1) is 63.2 Å². The highest BCUT2D eigenvalue weighted by Gasteiger charge is 2.51. The van der Waals surface area contributed by atoms with E-state index in [0.717, 1.165) is 108 Å². The van der Waals surface area contributed by atoms with Gasteiger partial charge in [-0.05, 0) is 268 Å². The van der Waals surface area contributed by atoms with Crippen LogP contribution in [0.15, 0.2) is 105 Å². The number of benzene rings is 7. The molecule has 6 nitrogen and oxygen atoms in total. The van der Waals surface area contributed by atoms with Gasteiger partial charge in [-0.25, -0.2) is 13.6 Å². The van der Waals surface area contributed by atoms with E-state index in [1.165, 1.54) is 221 Å². The Morgan fingerprint density at radius 3 is 2.06 bits per heavy atom. The summed E-state index contributed by atoms with van der Waals surface area (Å²) in [5.74, 6) is 6.02. The van der Waals surface area contributed by atoms with Gasteiger partial charge in [0.05, 0.1) is 10.9 Å². The first-order valence-corrected chi connectivity index (χ1v) is 39.5. The third kappa shape index (κ3) is 7.86. The summed E-state index contributed by atoms with van der Waals surface area (Å²) in [5.41, 5.74) is 37.6. The third-order valence-electron chi connectivity index (χ3n) is 29.1. The highest BCUT2D eigenvalue weighted by Crippen LogP contribution is 2.58. The Labute approximate surface area is 582 Å². The van der Waals surface area contributed by atoms with E-state index in [1.54, 1.807) is 11.1 Å². The van der Waals surface area contributed by atoms with Crippen molar-refractivity contribution < 1.29 is 8.83 Å². The first-order valence-electron chi connectivity index (χ1n) is 39.5. The zero-order valence-electron chi connectivity index (χ0n) is 59.7. The Balaban J connectivity index is 1.00. The molecule has 0 spiro atoms. The Kier molecular flexibility index (Phi) is 12.5. The summed E-state index contributed by atoms with van der Waals surface area (Å²) in [4.78, 5) is 18.6. The smallest absolute Gasteiger partial charge is 0.340 e. The lowest BCUT2D eigenvalue weighted by atomic mass is 9.30. The van der Waals surface area contributed by atoms with Crippen molar-refractivity contribution in [1.82, 2.24) is 13.4 Å². The lowest BCUT2D eigenvalue weighted by Crippen LogP contribution is -2.65. The lowest BCUT2D eigenvalue weighted by Gasteiger charge is -2.41. The van der Waals surface area contributed by atoms with Crippen molar-refractivity contribution in [3.63, 3.8) is 0 Å². The van der Waals surface area contributed by atoms with Gasteiger partial charge in [-0.1, -0.05) is 171 Å². The summed E-state index contributed by atoms with van der Waals surface area (Å²) in [7, 11) is 0. The predicted molar refractivity (Wildman–Crippen MR) is 414 cm³/mol. The van der Waals surface area contributed by atoms with Crippen LogP contribution >= 0.6 is 0 Å². The van der Waals surface area contributed by atoms with Crippen LogP contribution in [0.3, 0.4) is 0 Å². The van der Waals surface area contributed by atoms with E-state index >= 15 is 4.79 Å². The minimum Gasteiger partial charge on any atom is -0.455 e. The van der Waals surface area contributed by atoms with Gasteiger partial charge >= 0.3 is 5.69 Å². The van der Waals surface area contributed by atoms with Crippen molar-refractivity contribution >= 4 is 129 Å². The van der Waals surface area contributed by atoms with Crippen LogP contribution in [-0.2, 0) is 19.3 Å². The molecule has 11 unspecified atom stereocenters. The minimum atomic E-state index is -0.195. The maximum atomic E-state index is 18.6. The zero-order valence-corrected chi connectivity index (χ0v) is 59.7. The van der Waals surface area contributed by atoms with Gasteiger partial charge < -0.3 is 8.83 Å². The first-order chi connectivity index (χ1) is 48.3. The quantitative estimate of drug-likeness (QED) is 0.113. The zero-order chi connectivity index (χ0) is 66.2. The number of aryl methyl sites for hydroxylation is 5. The van der Waals surface area contributed by atoms with Crippen molar-refractivity contribution in [2.45, 2.75) is 220 Å². The molecule has 7 aromatic carbocycles. The molecule has 0 amide bonds. The van der Waals surface area contributed by atoms with Gasteiger partial charge in [-0.3, -0.25) is 4.57 Å². The molecule has 4 fully saturated rings. The van der Waals surface area contributed by atoms with E-state index in [4.69, 9.17) is 8.83 Å². The van der Waals surface area contributed by atoms with Crippen LogP contribution in [-0.4, -0.2) is 26.8 Å². The summed E-state index contributed by atoms with van der Waals surface area (Å²) in [6, 6.07) is 29.7. The monoisotopic (exact) mass is 1300 g/mol. The lowest BCUT2D eigenvalue weighted by molar-refractivity contribution is 0.218. The second-order valence-electron chi connectivity index (χ2n) is 35.1. The summed E-state index contributed by atoms with van der Waals surface area (Å²) >= 11 is 0. The van der Waals surface area contributed by atoms with Crippen molar-refractivity contribution in [2.75, 3.05) is 0 Å². The molecule has 12 aromatic rings. The largest absolute Gasteiger partial charge is 0.455 e. The summed E-state index contributed by atoms with van der Waals surface area (Å²) in [6.07, 6.45) is 29.7. The van der Waals surface area contributed by atoms with Gasteiger partial charge in [0, 0.05) is 43.7 Å². The average molecular weight is 1300 g/mol. The number of hydrogen-bond acceptors (Lipinski definition) is 3. The number of nitrogens with zero attached hydrogens (tertiary/aromatic N) is 3. The van der Waals surface area contributed by atoms with Crippen molar-refractivity contribution in [1.29, 1.82) is 0 Å². The number of furan rings is 2. The average Bonchev–Trinajstić information content (AvgIpc) is 1.50. The van der Waals surface area contributed by atoms with Crippen molar-refractivity contribution in [3.8, 4) is 5.69 Å². The number of rotatable bonds is 8. The molecule has 10 aliphatic rings.